The molecule has 0 spiro atoms. The molecule has 1 aliphatic rings. The topological polar surface area (TPSA) is 130 Å². The summed E-state index contributed by atoms with van der Waals surface area (Å²) < 4.78 is 10.4. The van der Waals surface area contributed by atoms with Gasteiger partial charge in [0.2, 0.25) is 5.91 Å². The van der Waals surface area contributed by atoms with Crippen molar-refractivity contribution in [1.82, 2.24) is 5.32 Å². The number of hydrogen-bond acceptors (Lipinski definition) is 8. The monoisotopic (exact) mass is 582 g/mol. The van der Waals surface area contributed by atoms with E-state index in [1.54, 1.807) is 56.3 Å². The van der Waals surface area contributed by atoms with Crippen LogP contribution >= 0.6 is 11.8 Å². The zero-order chi connectivity index (χ0) is 30.1. The number of dihydropyridines is 1. The predicted octanol–water partition coefficient (Wildman–Crippen LogP) is 5.58. The molecule has 4 rings (SSSR count). The standard InChI is InChI=1S/C32H30N4O5S/c1-4-41-32(39)22-14-16-23(17-15-22)35-27(37)19-42-31-24(18-33)29(21-10-6-5-7-11-21)28(20(2)34-31)30(38)36-25-12-8-9-13-26(25)40-3/h5-17,29,34H,4,19H2,1-3H3,(H,35,37)(H,36,38)/t29-/m0/s1. The van der Waals surface area contributed by atoms with E-state index in [1.807, 2.05) is 36.4 Å². The molecule has 3 aromatic rings. The molecule has 0 radical (unpaired) electrons. The maximum absolute atomic E-state index is 13.7. The summed E-state index contributed by atoms with van der Waals surface area (Å²) in [6, 6.07) is 25.1. The van der Waals surface area contributed by atoms with Crippen LogP contribution in [0.2, 0.25) is 0 Å². The zero-order valence-corrected chi connectivity index (χ0v) is 24.2. The largest absolute Gasteiger partial charge is 0.495 e. The summed E-state index contributed by atoms with van der Waals surface area (Å²) >= 11 is 1.17. The number of esters is 1. The molecule has 1 aliphatic heterocycles. The smallest absolute Gasteiger partial charge is 0.338 e. The van der Waals surface area contributed by atoms with E-state index in [2.05, 4.69) is 22.0 Å². The van der Waals surface area contributed by atoms with Crippen LogP contribution < -0.4 is 20.7 Å². The highest BCUT2D eigenvalue weighted by Gasteiger charge is 2.35. The molecule has 0 bridgehead atoms. The van der Waals surface area contributed by atoms with Crippen LogP contribution in [-0.4, -0.2) is 37.3 Å². The number of nitrogens with zero attached hydrogens (tertiary/aromatic N) is 1. The second kappa shape index (κ2) is 14.1. The first-order valence-electron chi connectivity index (χ1n) is 13.2. The third-order valence-corrected chi connectivity index (χ3v) is 7.42. The van der Waals surface area contributed by atoms with Crippen LogP contribution in [0.15, 0.2) is 101 Å². The van der Waals surface area contributed by atoms with Gasteiger partial charge in [-0.2, -0.15) is 5.26 Å². The number of hydrogen-bond donors (Lipinski definition) is 3. The lowest BCUT2D eigenvalue weighted by atomic mass is 9.82. The average Bonchev–Trinajstić information content (AvgIpc) is 3.00. The predicted molar refractivity (Wildman–Crippen MR) is 163 cm³/mol. The molecule has 0 fully saturated rings. The summed E-state index contributed by atoms with van der Waals surface area (Å²) in [7, 11) is 1.53. The fourth-order valence-corrected chi connectivity index (χ4v) is 5.37. The van der Waals surface area contributed by atoms with Gasteiger partial charge in [-0.3, -0.25) is 9.59 Å². The van der Waals surface area contributed by atoms with Crippen LogP contribution in [0, 0.1) is 11.3 Å². The highest BCUT2D eigenvalue weighted by atomic mass is 32.2. The molecule has 1 heterocycles. The highest BCUT2D eigenvalue weighted by molar-refractivity contribution is 8.03. The Balaban J connectivity index is 1.55. The van der Waals surface area contributed by atoms with E-state index in [0.29, 0.717) is 44.6 Å². The van der Waals surface area contributed by atoms with E-state index in [-0.39, 0.29) is 24.2 Å². The van der Waals surface area contributed by atoms with Crippen molar-refractivity contribution in [3.63, 3.8) is 0 Å². The Kier molecular flexibility index (Phi) is 10.0. The van der Waals surface area contributed by atoms with Crippen molar-refractivity contribution in [2.24, 2.45) is 0 Å². The number of anilines is 2. The molecule has 0 unspecified atom stereocenters. The minimum absolute atomic E-state index is 0.00464. The van der Waals surface area contributed by atoms with Gasteiger partial charge in [-0.05, 0) is 55.8 Å². The van der Waals surface area contributed by atoms with Crippen LogP contribution in [0.25, 0.3) is 0 Å². The molecular weight excluding hydrogens is 552 g/mol. The molecule has 42 heavy (non-hydrogen) atoms. The highest BCUT2D eigenvalue weighted by Crippen LogP contribution is 2.41. The first-order chi connectivity index (χ1) is 20.4. The fourth-order valence-electron chi connectivity index (χ4n) is 4.48. The van der Waals surface area contributed by atoms with Crippen molar-refractivity contribution < 1.29 is 23.9 Å². The van der Waals surface area contributed by atoms with Crippen molar-refractivity contribution in [3.05, 3.63) is 112 Å². The molecule has 0 aliphatic carbocycles. The third kappa shape index (κ3) is 7.00. The number of methoxy groups -OCH3 is 1. The third-order valence-electron chi connectivity index (χ3n) is 6.41. The number of thioether (sulfide) groups is 1. The van der Waals surface area contributed by atoms with Gasteiger partial charge >= 0.3 is 5.97 Å². The van der Waals surface area contributed by atoms with Crippen LogP contribution in [0.3, 0.4) is 0 Å². The van der Waals surface area contributed by atoms with E-state index >= 15 is 0 Å². The van der Waals surface area contributed by atoms with Gasteiger partial charge in [0.25, 0.3) is 5.91 Å². The van der Waals surface area contributed by atoms with Gasteiger partial charge in [-0.15, -0.1) is 0 Å². The molecule has 214 valence electrons. The lowest BCUT2D eigenvalue weighted by molar-refractivity contribution is -0.114. The molecule has 3 aromatic carbocycles. The molecule has 2 amide bonds. The number of benzene rings is 3. The van der Waals surface area contributed by atoms with E-state index in [0.717, 1.165) is 5.56 Å². The van der Waals surface area contributed by atoms with Gasteiger partial charge in [0, 0.05) is 17.0 Å². The number of carbonyl (C=O) groups is 3. The Morgan fingerprint density at radius 1 is 0.976 bits per heavy atom. The molecule has 9 nitrogen and oxygen atoms in total. The SMILES string of the molecule is CCOC(=O)c1ccc(NC(=O)CSC2=C(C#N)[C@H](c3ccccc3)C(C(=O)Nc3ccccc3OC)=C(C)N2)cc1. The average molecular weight is 583 g/mol. The molecule has 0 saturated carbocycles. The lowest BCUT2D eigenvalue weighted by Crippen LogP contribution is -2.31. The quantitative estimate of drug-likeness (QED) is 0.264. The molecule has 0 saturated heterocycles. The first kappa shape index (κ1) is 30.0. The number of ether oxygens (including phenoxy) is 2. The number of para-hydroxylation sites is 2. The number of nitriles is 1. The number of allylic oxidation sites excluding steroid dienone is 2. The molecule has 1 atom stereocenters. The van der Waals surface area contributed by atoms with E-state index in [9.17, 15) is 19.6 Å². The van der Waals surface area contributed by atoms with Crippen molar-refractivity contribution in [3.8, 4) is 11.8 Å². The minimum atomic E-state index is -0.659. The number of rotatable bonds is 10. The summed E-state index contributed by atoms with van der Waals surface area (Å²) in [6.45, 7) is 3.78. The summed E-state index contributed by atoms with van der Waals surface area (Å²) in [4.78, 5) is 38.3. The Morgan fingerprint density at radius 3 is 2.33 bits per heavy atom. The van der Waals surface area contributed by atoms with Crippen LogP contribution in [0.1, 0.15) is 35.7 Å². The summed E-state index contributed by atoms with van der Waals surface area (Å²) in [5, 5.41) is 19.7. The molecule has 0 aromatic heterocycles. The van der Waals surface area contributed by atoms with Gasteiger partial charge in [0.05, 0.1) is 53.3 Å². The van der Waals surface area contributed by atoms with Crippen molar-refractivity contribution in [2.45, 2.75) is 19.8 Å². The normalized spacial score (nSPS) is 14.4. The summed E-state index contributed by atoms with van der Waals surface area (Å²) in [5.41, 5.74) is 3.46. The fraction of sp³-hybridized carbons (Fsp3) is 0.188. The Hall–Kier alpha value is -5.01. The first-order valence-corrected chi connectivity index (χ1v) is 14.2. The molecule has 3 N–H and O–H groups in total. The lowest BCUT2D eigenvalue weighted by Gasteiger charge is -2.30. The van der Waals surface area contributed by atoms with Crippen LogP contribution in [0.4, 0.5) is 11.4 Å². The summed E-state index contributed by atoms with van der Waals surface area (Å²) in [5.74, 6) is -1.25. The van der Waals surface area contributed by atoms with Crippen LogP contribution in [0.5, 0.6) is 5.75 Å². The van der Waals surface area contributed by atoms with Gasteiger partial charge in [-0.25, -0.2) is 4.79 Å². The van der Waals surface area contributed by atoms with Crippen molar-refractivity contribution in [2.75, 3.05) is 30.1 Å². The van der Waals surface area contributed by atoms with Gasteiger partial charge in [0.15, 0.2) is 0 Å². The van der Waals surface area contributed by atoms with Crippen molar-refractivity contribution in [1.29, 1.82) is 5.26 Å². The zero-order valence-electron chi connectivity index (χ0n) is 23.4. The second-order valence-corrected chi connectivity index (χ2v) is 10.1. The number of nitrogens with one attached hydrogen (secondary N) is 3. The minimum Gasteiger partial charge on any atom is -0.495 e. The maximum Gasteiger partial charge on any atom is 0.338 e. The molecule has 10 heteroatoms. The number of carbonyl (C=O) groups excluding carboxylic acids is 3. The maximum atomic E-state index is 13.7. The van der Waals surface area contributed by atoms with Crippen LogP contribution in [-0.2, 0) is 14.3 Å². The van der Waals surface area contributed by atoms with E-state index in [4.69, 9.17) is 9.47 Å². The Labute approximate surface area is 248 Å². The van der Waals surface area contributed by atoms with Gasteiger partial charge in [0.1, 0.15) is 5.75 Å². The summed E-state index contributed by atoms with van der Waals surface area (Å²) in [6.07, 6.45) is 0. The van der Waals surface area contributed by atoms with Crippen molar-refractivity contribution >= 4 is 40.9 Å². The Bertz CT molecular complexity index is 1580. The second-order valence-electron chi connectivity index (χ2n) is 9.15. The Morgan fingerprint density at radius 2 is 1.67 bits per heavy atom. The van der Waals surface area contributed by atoms with Gasteiger partial charge < -0.3 is 25.4 Å². The number of amides is 2. The van der Waals surface area contributed by atoms with Gasteiger partial charge in [-0.1, -0.05) is 54.2 Å². The van der Waals surface area contributed by atoms with E-state index < -0.39 is 11.9 Å². The van der Waals surface area contributed by atoms with E-state index in [1.165, 1.54) is 18.9 Å². The molecular formula is C32H30N4O5S.